The lowest BCUT2D eigenvalue weighted by atomic mass is 9.87. The summed E-state index contributed by atoms with van der Waals surface area (Å²) < 4.78 is 0.853. The van der Waals surface area contributed by atoms with Crippen molar-refractivity contribution in [3.05, 3.63) is 32.2 Å². The zero-order valence-corrected chi connectivity index (χ0v) is 10.9. The van der Waals surface area contributed by atoms with Crippen LogP contribution in [0.5, 0.6) is 0 Å². The van der Waals surface area contributed by atoms with Gasteiger partial charge in [-0.3, -0.25) is 0 Å². The van der Waals surface area contributed by atoms with Crippen molar-refractivity contribution in [3.8, 4) is 0 Å². The molecule has 0 heterocycles. The Labute approximate surface area is 97.4 Å². The molecule has 0 radical (unpaired) electrons. The molecular weight excluding hydrogens is 271 g/mol. The van der Waals surface area contributed by atoms with Gasteiger partial charge in [-0.2, -0.15) is 0 Å². The summed E-state index contributed by atoms with van der Waals surface area (Å²) >= 11 is 15.3. The van der Waals surface area contributed by atoms with Crippen molar-refractivity contribution in [1.82, 2.24) is 0 Å². The molecule has 0 saturated carbocycles. The Kier molecular flexibility index (Phi) is 3.32. The molecule has 1 aromatic carbocycles. The van der Waals surface area contributed by atoms with Crippen molar-refractivity contribution in [2.75, 3.05) is 0 Å². The van der Waals surface area contributed by atoms with E-state index in [-0.39, 0.29) is 5.41 Å². The quantitative estimate of drug-likeness (QED) is 0.584. The Morgan fingerprint density at radius 2 is 1.69 bits per heavy atom. The molecule has 72 valence electrons. The molecule has 0 nitrogen and oxygen atoms in total. The lowest BCUT2D eigenvalue weighted by molar-refractivity contribution is 0.590. The minimum absolute atomic E-state index is 0.0940. The molecule has 0 aliphatic carbocycles. The highest BCUT2D eigenvalue weighted by atomic mass is 79.9. The number of hydrogen-bond donors (Lipinski definition) is 0. The number of rotatable bonds is 0. The first-order valence-electron chi connectivity index (χ1n) is 3.97. The zero-order chi connectivity index (χ0) is 10.2. The first kappa shape index (κ1) is 11.4. The van der Waals surface area contributed by atoms with Crippen LogP contribution in [0.1, 0.15) is 26.3 Å². The van der Waals surface area contributed by atoms with Crippen LogP contribution in [0.15, 0.2) is 16.6 Å². The van der Waals surface area contributed by atoms with Gasteiger partial charge in [0.1, 0.15) is 0 Å². The molecule has 0 amide bonds. The second-order valence-corrected chi connectivity index (χ2v) is 5.64. The molecule has 0 unspecified atom stereocenters. The highest BCUT2D eigenvalue weighted by Gasteiger charge is 2.16. The average molecular weight is 282 g/mol. The monoisotopic (exact) mass is 280 g/mol. The van der Waals surface area contributed by atoms with Gasteiger partial charge in [-0.15, -0.1) is 0 Å². The minimum atomic E-state index is 0.0940. The maximum absolute atomic E-state index is 5.96. The van der Waals surface area contributed by atoms with Crippen LogP contribution < -0.4 is 0 Å². The molecule has 0 aliphatic heterocycles. The van der Waals surface area contributed by atoms with Gasteiger partial charge in [0.15, 0.2) is 0 Å². The van der Waals surface area contributed by atoms with E-state index in [1.165, 1.54) is 5.56 Å². The lowest BCUT2D eigenvalue weighted by Gasteiger charge is -2.20. The smallest absolute Gasteiger partial charge is 0.0734 e. The molecule has 0 aliphatic rings. The van der Waals surface area contributed by atoms with Crippen LogP contribution in [0, 0.1) is 0 Å². The third kappa shape index (κ3) is 2.61. The fourth-order valence-electron chi connectivity index (χ4n) is 0.989. The van der Waals surface area contributed by atoms with Crippen molar-refractivity contribution >= 4 is 39.1 Å². The molecule has 0 fully saturated rings. The van der Waals surface area contributed by atoms with Crippen molar-refractivity contribution < 1.29 is 0 Å². The molecule has 0 aromatic heterocycles. The van der Waals surface area contributed by atoms with Crippen LogP contribution in [0.3, 0.4) is 0 Å². The molecule has 0 N–H and O–H groups in total. The topological polar surface area (TPSA) is 0 Å². The van der Waals surface area contributed by atoms with Gasteiger partial charge >= 0.3 is 0 Å². The van der Waals surface area contributed by atoms with E-state index < -0.39 is 0 Å². The summed E-state index contributed by atoms with van der Waals surface area (Å²) in [7, 11) is 0. The first-order valence-corrected chi connectivity index (χ1v) is 5.52. The fourth-order valence-corrected chi connectivity index (χ4v) is 1.89. The van der Waals surface area contributed by atoms with Crippen LogP contribution in [0.25, 0.3) is 0 Å². The van der Waals surface area contributed by atoms with Gasteiger partial charge < -0.3 is 0 Å². The summed E-state index contributed by atoms with van der Waals surface area (Å²) in [5, 5.41) is 1.18. The molecule has 0 spiro atoms. The standard InChI is InChI=1S/C10H11BrCl2/c1-10(2,3)6-4-7(11)9(13)8(12)5-6/h4-5H,1-3H3. The number of benzene rings is 1. The maximum Gasteiger partial charge on any atom is 0.0734 e. The third-order valence-electron chi connectivity index (χ3n) is 1.85. The first-order chi connectivity index (χ1) is 5.82. The maximum atomic E-state index is 5.96. The fraction of sp³-hybridized carbons (Fsp3) is 0.400. The van der Waals surface area contributed by atoms with Crippen molar-refractivity contribution in [1.29, 1.82) is 0 Å². The second kappa shape index (κ2) is 3.80. The van der Waals surface area contributed by atoms with Crippen LogP contribution in [0.2, 0.25) is 10.0 Å². The van der Waals surface area contributed by atoms with Gasteiger partial charge in [0.05, 0.1) is 10.0 Å². The SMILES string of the molecule is CC(C)(C)c1cc(Cl)c(Cl)c(Br)c1. The second-order valence-electron chi connectivity index (χ2n) is 4.00. The summed E-state index contributed by atoms with van der Waals surface area (Å²) in [5.41, 5.74) is 1.27. The molecule has 3 heteroatoms. The minimum Gasteiger partial charge on any atom is -0.0827 e. The van der Waals surface area contributed by atoms with Crippen molar-refractivity contribution in [3.63, 3.8) is 0 Å². The van der Waals surface area contributed by atoms with Crippen LogP contribution in [-0.2, 0) is 5.41 Å². The highest BCUT2D eigenvalue weighted by Crippen LogP contribution is 2.35. The zero-order valence-electron chi connectivity index (χ0n) is 7.79. The molecule has 13 heavy (non-hydrogen) atoms. The summed E-state index contributed by atoms with van der Waals surface area (Å²) in [4.78, 5) is 0. The molecule has 1 rings (SSSR count). The average Bonchev–Trinajstić information content (AvgIpc) is 1.97. The largest absolute Gasteiger partial charge is 0.0827 e. The third-order valence-corrected chi connectivity index (χ3v) is 3.51. The van der Waals surface area contributed by atoms with E-state index in [1.54, 1.807) is 0 Å². The van der Waals surface area contributed by atoms with Crippen molar-refractivity contribution in [2.24, 2.45) is 0 Å². The van der Waals surface area contributed by atoms with Gasteiger partial charge in [-0.05, 0) is 39.0 Å². The Morgan fingerprint density at radius 1 is 1.15 bits per heavy atom. The lowest BCUT2D eigenvalue weighted by Crippen LogP contribution is -2.10. The predicted molar refractivity (Wildman–Crippen MR) is 62.9 cm³/mol. The van der Waals surface area contributed by atoms with Gasteiger partial charge in [-0.25, -0.2) is 0 Å². The van der Waals surface area contributed by atoms with Gasteiger partial charge in [0.2, 0.25) is 0 Å². The van der Waals surface area contributed by atoms with E-state index >= 15 is 0 Å². The van der Waals surface area contributed by atoms with Gasteiger partial charge in [-0.1, -0.05) is 44.0 Å². The van der Waals surface area contributed by atoms with E-state index in [0.29, 0.717) is 10.0 Å². The predicted octanol–water partition coefficient (Wildman–Crippen LogP) is 5.05. The number of hydrogen-bond acceptors (Lipinski definition) is 0. The van der Waals surface area contributed by atoms with Crippen molar-refractivity contribution in [2.45, 2.75) is 26.2 Å². The van der Waals surface area contributed by atoms with E-state index in [2.05, 4.69) is 36.7 Å². The van der Waals surface area contributed by atoms with Crippen LogP contribution in [-0.4, -0.2) is 0 Å². The Balaban J connectivity index is 3.29. The summed E-state index contributed by atoms with van der Waals surface area (Å²) in [5.74, 6) is 0. The Bertz CT molecular complexity index is 303. The normalized spacial score (nSPS) is 11.8. The van der Waals surface area contributed by atoms with E-state index in [9.17, 15) is 0 Å². The van der Waals surface area contributed by atoms with Gasteiger partial charge in [0.25, 0.3) is 0 Å². The molecule has 0 saturated heterocycles. The van der Waals surface area contributed by atoms with E-state index in [0.717, 1.165) is 4.47 Å². The van der Waals surface area contributed by atoms with Crippen LogP contribution >= 0.6 is 39.1 Å². The Hall–Kier alpha value is 0.280. The van der Waals surface area contributed by atoms with E-state index in [1.807, 2.05) is 12.1 Å². The molecule has 1 aromatic rings. The summed E-state index contributed by atoms with van der Waals surface area (Å²) in [6.45, 7) is 6.41. The van der Waals surface area contributed by atoms with Crippen LogP contribution in [0.4, 0.5) is 0 Å². The Morgan fingerprint density at radius 3 is 2.08 bits per heavy atom. The molecular formula is C10H11BrCl2. The molecule has 0 bridgehead atoms. The molecule has 0 atom stereocenters. The highest BCUT2D eigenvalue weighted by molar-refractivity contribution is 9.10. The summed E-state index contributed by atoms with van der Waals surface area (Å²) in [6, 6.07) is 3.92. The summed E-state index contributed by atoms with van der Waals surface area (Å²) in [6.07, 6.45) is 0. The van der Waals surface area contributed by atoms with Gasteiger partial charge in [0, 0.05) is 4.47 Å². The van der Waals surface area contributed by atoms with E-state index in [4.69, 9.17) is 23.2 Å². The number of halogens is 3.